The summed E-state index contributed by atoms with van der Waals surface area (Å²) in [6.45, 7) is 4.48. The van der Waals surface area contributed by atoms with Gasteiger partial charge in [-0.3, -0.25) is 16.3 Å². The van der Waals surface area contributed by atoms with Crippen molar-refractivity contribution in [3.05, 3.63) is 29.8 Å². The lowest BCUT2D eigenvalue weighted by Crippen LogP contribution is -2.38. The summed E-state index contributed by atoms with van der Waals surface area (Å²) in [7, 11) is 0. The number of amidine groups is 1. The van der Waals surface area contributed by atoms with Crippen molar-refractivity contribution >= 4 is 5.84 Å². The van der Waals surface area contributed by atoms with Gasteiger partial charge in [-0.25, -0.2) is 0 Å². The third kappa shape index (κ3) is 3.45. The zero-order valence-corrected chi connectivity index (χ0v) is 10.6. The van der Waals surface area contributed by atoms with Gasteiger partial charge < -0.3 is 10.1 Å². The summed E-state index contributed by atoms with van der Waals surface area (Å²) in [5.74, 6) is 1.31. The lowest BCUT2D eigenvalue weighted by molar-refractivity contribution is 0.317. The van der Waals surface area contributed by atoms with Crippen LogP contribution >= 0.6 is 0 Å². The van der Waals surface area contributed by atoms with Crippen LogP contribution < -0.4 is 20.9 Å². The van der Waals surface area contributed by atoms with E-state index in [0.29, 0.717) is 5.84 Å². The molecular weight excluding hydrogens is 228 g/mol. The third-order valence-corrected chi connectivity index (χ3v) is 2.79. The van der Waals surface area contributed by atoms with E-state index in [1.54, 1.807) is 0 Å². The minimum Gasteiger partial charge on any atom is -0.494 e. The Morgan fingerprint density at radius 1 is 1.33 bits per heavy atom. The Hall–Kier alpha value is -1.59. The Bertz CT molecular complexity index is 384. The van der Waals surface area contributed by atoms with Crippen LogP contribution in [0.5, 0.6) is 5.75 Å². The molecule has 0 bridgehead atoms. The minimum atomic E-state index is 0.272. The minimum absolute atomic E-state index is 0.272. The van der Waals surface area contributed by atoms with Gasteiger partial charge in [0, 0.05) is 18.7 Å². The molecule has 2 rings (SSSR count). The summed E-state index contributed by atoms with van der Waals surface area (Å²) in [5.41, 5.74) is 6.94. The van der Waals surface area contributed by atoms with E-state index >= 15 is 0 Å². The molecule has 0 aliphatic carbocycles. The summed E-state index contributed by atoms with van der Waals surface area (Å²) in [5, 5.41) is 11.2. The molecule has 1 aromatic rings. The quantitative estimate of drug-likeness (QED) is 0.461. The number of benzene rings is 1. The van der Waals surface area contributed by atoms with E-state index in [0.717, 1.165) is 37.4 Å². The molecule has 0 atom stereocenters. The normalized spacial score (nSPS) is 15.6. The maximum Gasteiger partial charge on any atom is 0.125 e. The predicted octanol–water partition coefficient (Wildman–Crippen LogP) is 0.867. The van der Waals surface area contributed by atoms with Gasteiger partial charge in [0.2, 0.25) is 0 Å². The standard InChI is InChI=1S/C13H20N4O/c1-2-7-18-12-5-3-10(4-6-12)13(14)17-11-8-15-16-9-11/h3-6,11,15-16H,2,7-9H2,1H3,(H2,14,17). The summed E-state index contributed by atoms with van der Waals surface area (Å²) in [6, 6.07) is 7.92. The van der Waals surface area contributed by atoms with Crippen molar-refractivity contribution in [3.8, 4) is 5.75 Å². The molecule has 1 aliphatic rings. The smallest absolute Gasteiger partial charge is 0.125 e. The van der Waals surface area contributed by atoms with Crippen molar-refractivity contribution in [1.29, 1.82) is 5.41 Å². The van der Waals surface area contributed by atoms with Gasteiger partial charge in [-0.15, -0.1) is 0 Å². The Labute approximate surface area is 107 Å². The monoisotopic (exact) mass is 248 g/mol. The molecule has 1 aliphatic heterocycles. The first-order valence-corrected chi connectivity index (χ1v) is 6.33. The van der Waals surface area contributed by atoms with Crippen LogP contribution in [0.25, 0.3) is 0 Å². The molecule has 0 unspecified atom stereocenters. The highest BCUT2D eigenvalue weighted by atomic mass is 16.5. The summed E-state index contributed by atoms with van der Waals surface area (Å²) in [6.07, 6.45) is 1.00. The summed E-state index contributed by atoms with van der Waals surface area (Å²) >= 11 is 0. The highest BCUT2D eigenvalue weighted by Crippen LogP contribution is 2.12. The highest BCUT2D eigenvalue weighted by Gasteiger charge is 2.15. The number of hydrazine groups is 1. The first-order chi connectivity index (χ1) is 8.79. The lowest BCUT2D eigenvalue weighted by atomic mass is 10.2. The maximum absolute atomic E-state index is 8.00. The Balaban J connectivity index is 1.89. The van der Waals surface area contributed by atoms with Crippen molar-refractivity contribution < 1.29 is 4.74 Å². The van der Waals surface area contributed by atoms with Crippen molar-refractivity contribution in [1.82, 2.24) is 16.2 Å². The van der Waals surface area contributed by atoms with Gasteiger partial charge in [0.05, 0.1) is 12.6 Å². The molecule has 0 spiro atoms. The predicted molar refractivity (Wildman–Crippen MR) is 72.0 cm³/mol. The molecular formula is C13H20N4O. The van der Waals surface area contributed by atoms with Gasteiger partial charge in [-0.05, 0) is 30.7 Å². The van der Waals surface area contributed by atoms with Crippen LogP contribution in [-0.2, 0) is 0 Å². The molecule has 5 nitrogen and oxygen atoms in total. The molecule has 4 N–H and O–H groups in total. The maximum atomic E-state index is 8.00. The van der Waals surface area contributed by atoms with E-state index < -0.39 is 0 Å². The first kappa shape index (κ1) is 12.9. The molecule has 1 aromatic carbocycles. The second-order valence-corrected chi connectivity index (χ2v) is 4.35. The van der Waals surface area contributed by atoms with Crippen molar-refractivity contribution in [2.24, 2.45) is 0 Å². The SMILES string of the molecule is CCCOc1ccc(C(=N)NC2CNNC2)cc1. The van der Waals surface area contributed by atoms with Gasteiger partial charge >= 0.3 is 0 Å². The molecule has 1 heterocycles. The fraction of sp³-hybridized carbons (Fsp3) is 0.462. The van der Waals surface area contributed by atoms with Gasteiger partial charge in [-0.2, -0.15) is 0 Å². The molecule has 0 saturated carbocycles. The number of ether oxygens (including phenoxy) is 1. The van der Waals surface area contributed by atoms with Crippen LogP contribution in [0, 0.1) is 5.41 Å². The molecule has 18 heavy (non-hydrogen) atoms. The van der Waals surface area contributed by atoms with Gasteiger partial charge in [0.15, 0.2) is 0 Å². The van der Waals surface area contributed by atoms with E-state index in [9.17, 15) is 0 Å². The molecule has 98 valence electrons. The van der Waals surface area contributed by atoms with Gasteiger partial charge in [0.1, 0.15) is 11.6 Å². The fourth-order valence-corrected chi connectivity index (χ4v) is 1.79. The fourth-order valence-electron chi connectivity index (χ4n) is 1.79. The van der Waals surface area contributed by atoms with E-state index in [1.807, 2.05) is 24.3 Å². The number of hydrogen-bond acceptors (Lipinski definition) is 4. The zero-order valence-electron chi connectivity index (χ0n) is 10.6. The topological polar surface area (TPSA) is 69.2 Å². The van der Waals surface area contributed by atoms with Crippen LogP contribution in [0.3, 0.4) is 0 Å². The zero-order chi connectivity index (χ0) is 12.8. The summed E-state index contributed by atoms with van der Waals surface area (Å²) in [4.78, 5) is 0. The second-order valence-electron chi connectivity index (χ2n) is 4.35. The van der Waals surface area contributed by atoms with Gasteiger partial charge in [0.25, 0.3) is 0 Å². The highest BCUT2D eigenvalue weighted by molar-refractivity contribution is 5.96. The van der Waals surface area contributed by atoms with Crippen molar-refractivity contribution in [2.45, 2.75) is 19.4 Å². The molecule has 0 amide bonds. The molecule has 0 aromatic heterocycles. The average Bonchev–Trinajstić information content (AvgIpc) is 2.89. The van der Waals surface area contributed by atoms with Crippen molar-refractivity contribution in [2.75, 3.05) is 19.7 Å². The van der Waals surface area contributed by atoms with E-state index in [-0.39, 0.29) is 6.04 Å². The van der Waals surface area contributed by atoms with Gasteiger partial charge in [-0.1, -0.05) is 6.92 Å². The Morgan fingerprint density at radius 3 is 2.61 bits per heavy atom. The number of rotatable bonds is 5. The largest absolute Gasteiger partial charge is 0.494 e. The van der Waals surface area contributed by atoms with Crippen LogP contribution in [-0.4, -0.2) is 31.6 Å². The molecule has 1 saturated heterocycles. The summed E-state index contributed by atoms with van der Waals surface area (Å²) < 4.78 is 5.51. The second kappa shape index (κ2) is 6.37. The van der Waals surface area contributed by atoms with Crippen LogP contribution in [0.4, 0.5) is 0 Å². The van der Waals surface area contributed by atoms with E-state index in [1.165, 1.54) is 0 Å². The molecule has 5 heteroatoms. The average molecular weight is 248 g/mol. The Morgan fingerprint density at radius 2 is 2.00 bits per heavy atom. The third-order valence-electron chi connectivity index (χ3n) is 2.79. The Kier molecular flexibility index (Phi) is 4.55. The van der Waals surface area contributed by atoms with E-state index in [2.05, 4.69) is 23.1 Å². The van der Waals surface area contributed by atoms with Crippen LogP contribution in [0.2, 0.25) is 0 Å². The molecule has 0 radical (unpaired) electrons. The number of nitrogens with one attached hydrogen (secondary N) is 4. The van der Waals surface area contributed by atoms with Crippen molar-refractivity contribution in [3.63, 3.8) is 0 Å². The lowest BCUT2D eigenvalue weighted by Gasteiger charge is -2.13. The number of hydrogen-bond donors (Lipinski definition) is 4. The van der Waals surface area contributed by atoms with E-state index in [4.69, 9.17) is 10.1 Å². The molecule has 1 fully saturated rings. The van der Waals surface area contributed by atoms with Crippen LogP contribution in [0.1, 0.15) is 18.9 Å². The first-order valence-electron chi connectivity index (χ1n) is 6.33. The van der Waals surface area contributed by atoms with Crippen LogP contribution in [0.15, 0.2) is 24.3 Å².